The standard InChI is InChI=1S/C25H22N4OS/c1-18-13-15-22(16-14-18)29-23(21-11-7-4-8-12-21)24(27-19(2)30)31-25(29)28-26-17-20-9-5-3-6-10-20/h3-17H,1-2H3,(H,27,30). The maximum atomic E-state index is 11.9. The van der Waals surface area contributed by atoms with Gasteiger partial charge in [-0.1, -0.05) is 89.7 Å². The average molecular weight is 427 g/mol. The van der Waals surface area contributed by atoms with Gasteiger partial charge in [0.15, 0.2) is 0 Å². The van der Waals surface area contributed by atoms with Crippen molar-refractivity contribution in [3.8, 4) is 16.9 Å². The SMILES string of the molecule is CC(=O)Nc1sc(=NN=Cc2ccccc2)n(-c2ccc(C)cc2)c1-c1ccccc1. The highest BCUT2D eigenvalue weighted by atomic mass is 32.1. The highest BCUT2D eigenvalue weighted by Crippen LogP contribution is 2.33. The molecule has 0 aliphatic heterocycles. The largest absolute Gasteiger partial charge is 0.316 e. The molecule has 1 amide bonds. The van der Waals surface area contributed by atoms with Crippen LogP contribution in [0.25, 0.3) is 16.9 Å². The highest BCUT2D eigenvalue weighted by molar-refractivity contribution is 7.14. The van der Waals surface area contributed by atoms with E-state index in [9.17, 15) is 4.79 Å². The van der Waals surface area contributed by atoms with E-state index in [1.54, 1.807) is 6.21 Å². The van der Waals surface area contributed by atoms with Crippen LogP contribution in [0.4, 0.5) is 5.00 Å². The molecule has 6 heteroatoms. The smallest absolute Gasteiger partial charge is 0.221 e. The van der Waals surface area contributed by atoms with Crippen LogP contribution in [0.3, 0.4) is 0 Å². The summed E-state index contributed by atoms with van der Waals surface area (Å²) in [6, 6.07) is 28.0. The molecular weight excluding hydrogens is 404 g/mol. The Morgan fingerprint density at radius 2 is 1.58 bits per heavy atom. The van der Waals surface area contributed by atoms with E-state index in [0.717, 1.165) is 27.5 Å². The van der Waals surface area contributed by atoms with E-state index < -0.39 is 0 Å². The molecule has 0 unspecified atom stereocenters. The topological polar surface area (TPSA) is 58.8 Å². The van der Waals surface area contributed by atoms with E-state index in [1.165, 1.54) is 23.8 Å². The van der Waals surface area contributed by atoms with Gasteiger partial charge in [0.05, 0.1) is 11.9 Å². The number of rotatable bonds is 5. The molecule has 4 aromatic rings. The van der Waals surface area contributed by atoms with Crippen LogP contribution in [0.1, 0.15) is 18.1 Å². The van der Waals surface area contributed by atoms with Crippen molar-refractivity contribution >= 4 is 28.5 Å². The van der Waals surface area contributed by atoms with Gasteiger partial charge in [-0.05, 0) is 24.6 Å². The van der Waals surface area contributed by atoms with Crippen molar-refractivity contribution in [1.82, 2.24) is 4.57 Å². The van der Waals surface area contributed by atoms with Crippen molar-refractivity contribution < 1.29 is 4.79 Å². The number of aryl methyl sites for hydroxylation is 1. The highest BCUT2D eigenvalue weighted by Gasteiger charge is 2.18. The average Bonchev–Trinajstić information content (AvgIpc) is 3.13. The van der Waals surface area contributed by atoms with E-state index in [4.69, 9.17) is 0 Å². The Kier molecular flexibility index (Phi) is 6.19. The van der Waals surface area contributed by atoms with Gasteiger partial charge in [0.1, 0.15) is 5.00 Å². The molecule has 0 bridgehead atoms. The van der Waals surface area contributed by atoms with Crippen molar-refractivity contribution in [1.29, 1.82) is 0 Å². The summed E-state index contributed by atoms with van der Waals surface area (Å²) in [4.78, 5) is 12.6. The van der Waals surface area contributed by atoms with Crippen LogP contribution >= 0.6 is 11.3 Å². The molecular formula is C25H22N4OS. The molecule has 1 N–H and O–H groups in total. The number of carbonyl (C=O) groups is 1. The molecule has 0 atom stereocenters. The number of thiazole rings is 1. The lowest BCUT2D eigenvalue weighted by Crippen LogP contribution is -2.14. The number of anilines is 1. The van der Waals surface area contributed by atoms with Crippen LogP contribution in [-0.2, 0) is 4.79 Å². The summed E-state index contributed by atoms with van der Waals surface area (Å²) in [5.74, 6) is -0.131. The number of amides is 1. The Hall–Kier alpha value is -3.77. The third-order valence-electron chi connectivity index (χ3n) is 4.60. The summed E-state index contributed by atoms with van der Waals surface area (Å²) in [5, 5.41) is 12.5. The van der Waals surface area contributed by atoms with Crippen LogP contribution < -0.4 is 10.1 Å². The number of aromatic nitrogens is 1. The molecule has 0 aliphatic carbocycles. The number of nitrogens with one attached hydrogen (secondary N) is 1. The van der Waals surface area contributed by atoms with Gasteiger partial charge >= 0.3 is 0 Å². The number of nitrogens with zero attached hydrogens (tertiary/aromatic N) is 3. The fraction of sp³-hybridized carbons (Fsp3) is 0.0800. The predicted molar refractivity (Wildman–Crippen MR) is 128 cm³/mol. The number of hydrogen-bond acceptors (Lipinski definition) is 4. The Labute approximate surface area is 185 Å². The van der Waals surface area contributed by atoms with Gasteiger partial charge in [0.2, 0.25) is 10.7 Å². The number of hydrogen-bond donors (Lipinski definition) is 1. The van der Waals surface area contributed by atoms with E-state index in [0.29, 0.717) is 4.80 Å². The first-order valence-corrected chi connectivity index (χ1v) is 10.7. The first-order chi connectivity index (χ1) is 15.1. The molecule has 154 valence electrons. The monoisotopic (exact) mass is 426 g/mol. The van der Waals surface area contributed by atoms with Crippen LogP contribution in [0, 0.1) is 6.92 Å². The zero-order valence-electron chi connectivity index (χ0n) is 17.3. The van der Waals surface area contributed by atoms with Crippen LogP contribution in [-0.4, -0.2) is 16.7 Å². The minimum atomic E-state index is -0.131. The zero-order chi connectivity index (χ0) is 21.6. The Morgan fingerprint density at radius 1 is 0.935 bits per heavy atom. The second-order valence-corrected chi connectivity index (χ2v) is 8.01. The summed E-state index contributed by atoms with van der Waals surface area (Å²) >= 11 is 1.39. The van der Waals surface area contributed by atoms with Crippen LogP contribution in [0.5, 0.6) is 0 Å². The predicted octanol–water partition coefficient (Wildman–Crippen LogP) is 5.41. The summed E-state index contributed by atoms with van der Waals surface area (Å²) in [5.41, 5.74) is 4.94. The molecule has 0 saturated carbocycles. The van der Waals surface area contributed by atoms with E-state index in [-0.39, 0.29) is 5.91 Å². The third-order valence-corrected chi connectivity index (χ3v) is 5.55. The molecule has 0 saturated heterocycles. The Morgan fingerprint density at radius 3 is 2.23 bits per heavy atom. The van der Waals surface area contributed by atoms with Crippen molar-refractivity contribution in [2.75, 3.05) is 5.32 Å². The molecule has 1 aromatic heterocycles. The molecule has 3 aromatic carbocycles. The van der Waals surface area contributed by atoms with Crippen molar-refractivity contribution in [3.05, 3.63) is 101 Å². The zero-order valence-corrected chi connectivity index (χ0v) is 18.1. The molecule has 31 heavy (non-hydrogen) atoms. The Bertz CT molecular complexity index is 1270. The summed E-state index contributed by atoms with van der Waals surface area (Å²) in [6.45, 7) is 3.56. The van der Waals surface area contributed by atoms with Gasteiger partial charge in [-0.3, -0.25) is 9.36 Å². The minimum Gasteiger partial charge on any atom is -0.316 e. The second kappa shape index (κ2) is 9.36. The fourth-order valence-electron chi connectivity index (χ4n) is 3.17. The molecule has 0 aliphatic rings. The van der Waals surface area contributed by atoms with Gasteiger partial charge in [-0.15, -0.1) is 5.10 Å². The van der Waals surface area contributed by atoms with Gasteiger partial charge in [-0.25, -0.2) is 0 Å². The maximum Gasteiger partial charge on any atom is 0.221 e. The fourth-order valence-corrected chi connectivity index (χ4v) is 4.22. The minimum absolute atomic E-state index is 0.131. The summed E-state index contributed by atoms with van der Waals surface area (Å²) < 4.78 is 2.03. The van der Waals surface area contributed by atoms with Crippen molar-refractivity contribution in [2.45, 2.75) is 13.8 Å². The Balaban J connectivity index is 1.94. The lowest BCUT2D eigenvalue weighted by atomic mass is 10.1. The third kappa shape index (κ3) is 4.87. The number of benzene rings is 3. The van der Waals surface area contributed by atoms with E-state index in [2.05, 4.69) is 34.6 Å². The molecule has 0 spiro atoms. The lowest BCUT2D eigenvalue weighted by molar-refractivity contribution is -0.114. The lowest BCUT2D eigenvalue weighted by Gasteiger charge is -2.11. The van der Waals surface area contributed by atoms with Crippen molar-refractivity contribution in [3.63, 3.8) is 0 Å². The van der Waals surface area contributed by atoms with Crippen molar-refractivity contribution in [2.24, 2.45) is 10.2 Å². The van der Waals surface area contributed by atoms with Crippen LogP contribution in [0.2, 0.25) is 0 Å². The van der Waals surface area contributed by atoms with E-state index in [1.807, 2.05) is 77.4 Å². The number of carbonyl (C=O) groups excluding carboxylic acids is 1. The molecule has 0 fully saturated rings. The first kappa shape index (κ1) is 20.5. The van der Waals surface area contributed by atoms with Gasteiger partial charge in [0, 0.05) is 18.2 Å². The normalized spacial score (nSPS) is 11.7. The molecule has 4 rings (SSSR count). The molecule has 5 nitrogen and oxygen atoms in total. The first-order valence-electron chi connectivity index (χ1n) is 9.90. The molecule has 1 heterocycles. The van der Waals surface area contributed by atoms with Gasteiger partial charge in [-0.2, -0.15) is 5.10 Å². The van der Waals surface area contributed by atoms with Gasteiger partial charge < -0.3 is 5.32 Å². The van der Waals surface area contributed by atoms with Crippen LogP contribution in [0.15, 0.2) is 95.1 Å². The van der Waals surface area contributed by atoms with Gasteiger partial charge in [0.25, 0.3) is 0 Å². The summed E-state index contributed by atoms with van der Waals surface area (Å²) in [6.07, 6.45) is 1.72. The van der Waals surface area contributed by atoms with E-state index >= 15 is 0 Å². The maximum absolute atomic E-state index is 11.9. The molecule has 0 radical (unpaired) electrons. The quantitative estimate of drug-likeness (QED) is 0.337. The summed E-state index contributed by atoms with van der Waals surface area (Å²) in [7, 11) is 0. The second-order valence-electron chi connectivity index (χ2n) is 7.04.